The highest BCUT2D eigenvalue weighted by Gasteiger charge is 2.27. The molecule has 2 fully saturated rings. The summed E-state index contributed by atoms with van der Waals surface area (Å²) >= 11 is 0. The fourth-order valence-electron chi connectivity index (χ4n) is 7.02. The molecule has 0 amide bonds. The lowest BCUT2D eigenvalue weighted by molar-refractivity contribution is -0.140. The summed E-state index contributed by atoms with van der Waals surface area (Å²) < 4.78 is 5.72. The number of esters is 1. The predicted octanol–water partition coefficient (Wildman–Crippen LogP) is 10.5. The van der Waals surface area contributed by atoms with E-state index >= 15 is 0 Å². The predicted molar refractivity (Wildman–Crippen MR) is 165 cm³/mol. The van der Waals surface area contributed by atoms with Crippen LogP contribution in [0.1, 0.15) is 147 Å². The van der Waals surface area contributed by atoms with Crippen LogP contribution in [0.2, 0.25) is 0 Å². The lowest BCUT2D eigenvalue weighted by Gasteiger charge is -2.28. The third kappa shape index (κ3) is 9.70. The van der Waals surface area contributed by atoms with Gasteiger partial charge in [-0.25, -0.2) is 9.97 Å². The third-order valence-corrected chi connectivity index (χ3v) is 9.66. The van der Waals surface area contributed by atoms with Gasteiger partial charge in [0.05, 0.1) is 5.92 Å². The second kappa shape index (κ2) is 16.9. The molecule has 2 aromatic rings. The van der Waals surface area contributed by atoms with Crippen molar-refractivity contribution in [1.82, 2.24) is 9.97 Å². The van der Waals surface area contributed by atoms with Gasteiger partial charge in [0.25, 0.3) is 0 Å². The van der Waals surface area contributed by atoms with Crippen molar-refractivity contribution in [2.45, 2.75) is 142 Å². The molecule has 0 N–H and O–H groups in total. The minimum Gasteiger partial charge on any atom is -0.426 e. The van der Waals surface area contributed by atoms with Gasteiger partial charge in [-0.1, -0.05) is 84.5 Å². The molecule has 40 heavy (non-hydrogen) atoms. The van der Waals surface area contributed by atoms with E-state index in [-0.39, 0.29) is 11.9 Å². The Labute approximate surface area is 244 Å². The first kappa shape index (κ1) is 30.7. The molecule has 1 aromatic heterocycles. The zero-order chi connectivity index (χ0) is 28.0. The van der Waals surface area contributed by atoms with Crippen LogP contribution in [0.25, 0.3) is 11.4 Å². The highest BCUT2D eigenvalue weighted by atomic mass is 16.5. The van der Waals surface area contributed by atoms with Crippen molar-refractivity contribution in [2.24, 2.45) is 17.8 Å². The van der Waals surface area contributed by atoms with E-state index in [1.165, 1.54) is 102 Å². The quantitative estimate of drug-likeness (QED) is 0.127. The number of carbonyl (C=O) groups is 1. The molecule has 4 rings (SSSR count). The lowest BCUT2D eigenvalue weighted by atomic mass is 9.77. The standard InChI is InChI=1S/C36H54N2O2/c1-3-5-6-7-8-9-10-11-13-29-14-18-30(19-15-29)33-26-37-35(38-27-33)31-22-24-34(25-23-31)40-36(39)32-20-16-28(12-4-2)17-21-32/h22-30,32H,3-21H2,1-2H3/t28?,29-,30-,32?. The van der Waals surface area contributed by atoms with Crippen LogP contribution >= 0.6 is 0 Å². The van der Waals surface area contributed by atoms with Gasteiger partial charge >= 0.3 is 5.97 Å². The molecule has 4 heteroatoms. The van der Waals surface area contributed by atoms with Gasteiger partial charge in [-0.3, -0.25) is 4.79 Å². The molecule has 0 saturated heterocycles. The molecule has 0 atom stereocenters. The molecule has 0 spiro atoms. The molecule has 0 unspecified atom stereocenters. The van der Waals surface area contributed by atoms with Gasteiger partial charge < -0.3 is 4.74 Å². The monoisotopic (exact) mass is 546 g/mol. The fourth-order valence-corrected chi connectivity index (χ4v) is 7.02. The lowest BCUT2D eigenvalue weighted by Crippen LogP contribution is -2.25. The Morgan fingerprint density at radius 3 is 1.90 bits per heavy atom. The number of aromatic nitrogens is 2. The van der Waals surface area contributed by atoms with E-state index in [2.05, 4.69) is 13.8 Å². The second-order valence-electron chi connectivity index (χ2n) is 12.8. The number of benzene rings is 1. The number of rotatable bonds is 15. The van der Waals surface area contributed by atoms with Crippen molar-refractivity contribution in [1.29, 1.82) is 0 Å². The maximum absolute atomic E-state index is 12.7. The number of hydrogen-bond donors (Lipinski definition) is 0. The SMILES string of the molecule is CCCCCCCCCC[C@H]1CC[C@H](c2cnc(-c3ccc(OC(=O)C4CCC(CCC)CC4)cc3)nc2)CC1. The van der Waals surface area contributed by atoms with Crippen LogP contribution in [0.5, 0.6) is 5.75 Å². The Bertz CT molecular complexity index is 971. The van der Waals surface area contributed by atoms with Crippen molar-refractivity contribution in [3.63, 3.8) is 0 Å². The van der Waals surface area contributed by atoms with E-state index in [4.69, 9.17) is 14.7 Å². The topological polar surface area (TPSA) is 52.1 Å². The number of nitrogens with zero attached hydrogens (tertiary/aromatic N) is 2. The summed E-state index contributed by atoms with van der Waals surface area (Å²) in [6.45, 7) is 4.53. The Kier molecular flexibility index (Phi) is 13.0. The number of unbranched alkanes of at least 4 members (excludes halogenated alkanes) is 7. The molecular formula is C36H54N2O2. The fraction of sp³-hybridized carbons (Fsp3) is 0.694. The van der Waals surface area contributed by atoms with Crippen LogP contribution in [0.4, 0.5) is 0 Å². The van der Waals surface area contributed by atoms with Crippen LogP contribution in [-0.4, -0.2) is 15.9 Å². The smallest absolute Gasteiger partial charge is 0.314 e. The molecule has 0 bridgehead atoms. The van der Waals surface area contributed by atoms with Gasteiger partial charge in [0.1, 0.15) is 5.75 Å². The minimum atomic E-state index is -0.0733. The van der Waals surface area contributed by atoms with E-state index in [9.17, 15) is 4.79 Å². The number of ether oxygens (including phenoxy) is 1. The molecule has 2 saturated carbocycles. The molecule has 1 aromatic carbocycles. The second-order valence-corrected chi connectivity index (χ2v) is 12.8. The molecule has 2 aliphatic rings. The normalized spacial score (nSPS) is 23.1. The summed E-state index contributed by atoms with van der Waals surface area (Å²) in [5.41, 5.74) is 2.24. The minimum absolute atomic E-state index is 0.0452. The summed E-state index contributed by atoms with van der Waals surface area (Å²) in [6, 6.07) is 7.68. The van der Waals surface area contributed by atoms with Crippen LogP contribution in [-0.2, 0) is 4.79 Å². The Morgan fingerprint density at radius 2 is 1.27 bits per heavy atom. The van der Waals surface area contributed by atoms with Crippen molar-refractivity contribution in [3.05, 3.63) is 42.2 Å². The first-order chi connectivity index (χ1) is 19.7. The van der Waals surface area contributed by atoms with Crippen LogP contribution < -0.4 is 4.74 Å². The highest BCUT2D eigenvalue weighted by molar-refractivity contribution is 5.75. The molecule has 4 nitrogen and oxygen atoms in total. The van der Waals surface area contributed by atoms with Crippen LogP contribution in [0, 0.1) is 17.8 Å². The van der Waals surface area contributed by atoms with Gasteiger partial charge in [0.2, 0.25) is 0 Å². The molecule has 1 heterocycles. The molecule has 0 radical (unpaired) electrons. The van der Waals surface area contributed by atoms with E-state index in [0.717, 1.165) is 48.9 Å². The van der Waals surface area contributed by atoms with Crippen molar-refractivity contribution < 1.29 is 9.53 Å². The van der Waals surface area contributed by atoms with Crippen molar-refractivity contribution in [2.75, 3.05) is 0 Å². The average Bonchev–Trinajstić information content (AvgIpc) is 3.00. The first-order valence-electron chi connectivity index (χ1n) is 16.8. The Morgan fingerprint density at radius 1 is 0.700 bits per heavy atom. The zero-order valence-corrected chi connectivity index (χ0v) is 25.4. The largest absolute Gasteiger partial charge is 0.426 e. The zero-order valence-electron chi connectivity index (χ0n) is 25.4. The average molecular weight is 547 g/mol. The number of carbonyl (C=O) groups excluding carboxylic acids is 1. The van der Waals surface area contributed by atoms with Gasteiger partial charge in [-0.15, -0.1) is 0 Å². The van der Waals surface area contributed by atoms with E-state index in [1.807, 2.05) is 36.7 Å². The number of hydrogen-bond acceptors (Lipinski definition) is 4. The van der Waals surface area contributed by atoms with E-state index < -0.39 is 0 Å². The summed E-state index contributed by atoms with van der Waals surface area (Å²) in [4.78, 5) is 22.1. The molecule has 220 valence electrons. The van der Waals surface area contributed by atoms with Gasteiger partial charge in [0.15, 0.2) is 5.82 Å². The van der Waals surface area contributed by atoms with E-state index in [1.54, 1.807) is 0 Å². The van der Waals surface area contributed by atoms with Crippen molar-refractivity contribution in [3.8, 4) is 17.1 Å². The summed E-state index contributed by atoms with van der Waals surface area (Å²) in [6.07, 6.45) is 28.8. The van der Waals surface area contributed by atoms with Gasteiger partial charge in [-0.05, 0) is 98.9 Å². The Hall–Kier alpha value is -2.23. The van der Waals surface area contributed by atoms with E-state index in [0.29, 0.717) is 11.7 Å². The molecule has 2 aliphatic carbocycles. The maximum atomic E-state index is 12.7. The maximum Gasteiger partial charge on any atom is 0.314 e. The van der Waals surface area contributed by atoms with Crippen molar-refractivity contribution >= 4 is 5.97 Å². The third-order valence-electron chi connectivity index (χ3n) is 9.66. The molecular weight excluding hydrogens is 492 g/mol. The first-order valence-corrected chi connectivity index (χ1v) is 16.8. The molecule has 0 aliphatic heterocycles. The summed E-state index contributed by atoms with van der Waals surface area (Å²) in [5.74, 6) is 3.63. The van der Waals surface area contributed by atoms with Crippen LogP contribution in [0.3, 0.4) is 0 Å². The summed E-state index contributed by atoms with van der Waals surface area (Å²) in [5, 5.41) is 0. The summed E-state index contributed by atoms with van der Waals surface area (Å²) in [7, 11) is 0. The van der Waals surface area contributed by atoms with Gasteiger partial charge in [0, 0.05) is 18.0 Å². The van der Waals surface area contributed by atoms with Gasteiger partial charge in [-0.2, -0.15) is 0 Å². The highest BCUT2D eigenvalue weighted by Crippen LogP contribution is 2.38. The van der Waals surface area contributed by atoms with Crippen LogP contribution in [0.15, 0.2) is 36.7 Å². The Balaban J connectivity index is 1.16.